The van der Waals surface area contributed by atoms with Crippen LogP contribution in [-0.4, -0.2) is 0 Å². The summed E-state index contributed by atoms with van der Waals surface area (Å²) in [5.41, 5.74) is 11.5. The monoisotopic (exact) mass is 669 g/mol. The zero-order chi connectivity index (χ0) is 34.4. The highest BCUT2D eigenvalue weighted by Gasteiger charge is 2.23. The fourth-order valence-electron chi connectivity index (χ4n) is 8.70. The number of furan rings is 1. The van der Waals surface area contributed by atoms with Crippen molar-refractivity contribution in [1.29, 1.82) is 0 Å². The Morgan fingerprint density at radius 1 is 0.442 bits per heavy atom. The lowest BCUT2D eigenvalue weighted by atomic mass is 9.80. The maximum absolute atomic E-state index is 6.46. The molecule has 0 atom stereocenters. The quantitative estimate of drug-likeness (QED) is 0.175. The third kappa shape index (κ3) is 5.34. The molecule has 0 amide bonds. The summed E-state index contributed by atoms with van der Waals surface area (Å²) in [7, 11) is 0. The largest absolute Gasteiger partial charge is 0.456 e. The van der Waals surface area contributed by atoms with Crippen LogP contribution in [0.4, 0.5) is 17.1 Å². The summed E-state index contributed by atoms with van der Waals surface area (Å²) < 4.78 is 6.46. The molecule has 0 bridgehead atoms. The van der Waals surface area contributed by atoms with Crippen molar-refractivity contribution >= 4 is 60.5 Å². The average Bonchev–Trinajstić information content (AvgIpc) is 3.59. The second-order valence-electron chi connectivity index (χ2n) is 14.3. The lowest BCUT2D eigenvalue weighted by Gasteiger charge is -2.29. The minimum Gasteiger partial charge on any atom is -0.456 e. The second-order valence-corrected chi connectivity index (χ2v) is 14.3. The van der Waals surface area contributed by atoms with Crippen LogP contribution < -0.4 is 4.90 Å². The molecule has 0 saturated heterocycles. The van der Waals surface area contributed by atoms with Crippen molar-refractivity contribution in [2.75, 3.05) is 4.90 Å². The Morgan fingerprint density at radius 2 is 1.12 bits per heavy atom. The summed E-state index contributed by atoms with van der Waals surface area (Å²) >= 11 is 0. The smallest absolute Gasteiger partial charge is 0.137 e. The Morgan fingerprint density at radius 3 is 2.00 bits per heavy atom. The van der Waals surface area contributed by atoms with Gasteiger partial charge in [0.25, 0.3) is 0 Å². The van der Waals surface area contributed by atoms with Gasteiger partial charge >= 0.3 is 0 Å². The van der Waals surface area contributed by atoms with E-state index in [2.05, 4.69) is 169 Å². The van der Waals surface area contributed by atoms with Gasteiger partial charge in [0.15, 0.2) is 0 Å². The first-order chi connectivity index (χ1) is 25.8. The molecule has 1 aliphatic carbocycles. The predicted molar refractivity (Wildman–Crippen MR) is 220 cm³/mol. The lowest BCUT2D eigenvalue weighted by Crippen LogP contribution is -2.11. The summed E-state index contributed by atoms with van der Waals surface area (Å²) in [6.07, 6.45) is 6.51. The molecule has 2 heteroatoms. The van der Waals surface area contributed by atoms with Crippen LogP contribution in [0.15, 0.2) is 174 Å². The van der Waals surface area contributed by atoms with Gasteiger partial charge in [0.2, 0.25) is 0 Å². The molecule has 52 heavy (non-hydrogen) atoms. The Bertz CT molecular complexity index is 2720. The van der Waals surface area contributed by atoms with Gasteiger partial charge in [-0.05, 0) is 105 Å². The van der Waals surface area contributed by atoms with E-state index >= 15 is 0 Å². The van der Waals surface area contributed by atoms with Gasteiger partial charge in [0.05, 0.1) is 5.69 Å². The van der Waals surface area contributed by atoms with E-state index in [0.717, 1.165) is 39.0 Å². The number of hydrogen-bond acceptors (Lipinski definition) is 2. The van der Waals surface area contributed by atoms with Crippen LogP contribution in [0, 0.1) is 0 Å². The van der Waals surface area contributed by atoms with Crippen molar-refractivity contribution in [3.05, 3.63) is 175 Å². The third-order valence-corrected chi connectivity index (χ3v) is 11.2. The molecule has 2 nitrogen and oxygen atoms in total. The fraction of sp³-hybridized carbons (Fsp3) is 0.120. The van der Waals surface area contributed by atoms with E-state index in [-0.39, 0.29) is 0 Å². The van der Waals surface area contributed by atoms with Gasteiger partial charge in [0, 0.05) is 33.8 Å². The van der Waals surface area contributed by atoms with Crippen molar-refractivity contribution in [2.45, 2.75) is 38.0 Å². The molecule has 1 heterocycles. The molecule has 0 aliphatic heterocycles. The van der Waals surface area contributed by atoms with Gasteiger partial charge in [0.1, 0.15) is 11.2 Å². The second kappa shape index (κ2) is 12.9. The van der Waals surface area contributed by atoms with E-state index in [1.165, 1.54) is 81.5 Å². The summed E-state index contributed by atoms with van der Waals surface area (Å²) in [5, 5.41) is 7.48. The summed E-state index contributed by atoms with van der Waals surface area (Å²) in [5.74, 6) is 0.597. The van der Waals surface area contributed by atoms with Gasteiger partial charge in [-0.25, -0.2) is 0 Å². The van der Waals surface area contributed by atoms with E-state index in [1.807, 2.05) is 6.07 Å². The van der Waals surface area contributed by atoms with Crippen LogP contribution >= 0.6 is 0 Å². The normalized spacial score (nSPS) is 13.7. The van der Waals surface area contributed by atoms with Crippen molar-refractivity contribution in [3.63, 3.8) is 0 Å². The van der Waals surface area contributed by atoms with Gasteiger partial charge in [-0.1, -0.05) is 141 Å². The minimum absolute atomic E-state index is 0.597. The van der Waals surface area contributed by atoms with E-state index in [0.29, 0.717) is 5.92 Å². The number of fused-ring (bicyclic) bond motifs is 5. The van der Waals surface area contributed by atoms with Crippen LogP contribution in [-0.2, 0) is 0 Å². The number of rotatable bonds is 6. The Hall–Kier alpha value is -6.12. The van der Waals surface area contributed by atoms with E-state index in [4.69, 9.17) is 4.42 Å². The number of anilines is 3. The molecule has 0 unspecified atom stereocenters. The Labute approximate surface area is 304 Å². The molecule has 0 spiro atoms. The first kappa shape index (κ1) is 30.7. The van der Waals surface area contributed by atoms with Gasteiger partial charge in [-0.2, -0.15) is 0 Å². The molecular formula is C50H39NO. The minimum atomic E-state index is 0.597. The van der Waals surface area contributed by atoms with Gasteiger partial charge in [-0.15, -0.1) is 0 Å². The standard InChI is InChI=1S/C50H39NO/c1-2-13-36(14-3-1)42-20-10-16-37-17-11-21-46(50(37)42)43-18-6-8-22-47(43)51(41-30-31-45-44-19-7-9-23-48(44)52-49(45)33-41)40-28-26-35(27-29-40)39-25-24-34-12-4-5-15-38(34)32-39/h4-12,15-33,36H,1-3,13-14H2. The molecule has 9 aromatic rings. The zero-order valence-corrected chi connectivity index (χ0v) is 29.1. The molecule has 1 fully saturated rings. The number of hydrogen-bond donors (Lipinski definition) is 0. The van der Waals surface area contributed by atoms with Crippen molar-refractivity contribution < 1.29 is 4.42 Å². The fourth-order valence-corrected chi connectivity index (χ4v) is 8.70. The zero-order valence-electron chi connectivity index (χ0n) is 29.1. The molecule has 8 aromatic carbocycles. The van der Waals surface area contributed by atoms with Crippen molar-refractivity contribution in [1.82, 2.24) is 0 Å². The summed E-state index contributed by atoms with van der Waals surface area (Å²) in [6.45, 7) is 0. The first-order valence-electron chi connectivity index (χ1n) is 18.7. The van der Waals surface area contributed by atoms with Crippen LogP contribution in [0.5, 0.6) is 0 Å². The highest BCUT2D eigenvalue weighted by atomic mass is 16.3. The Kier molecular flexibility index (Phi) is 7.61. The maximum atomic E-state index is 6.46. The first-order valence-corrected chi connectivity index (χ1v) is 18.7. The Balaban J connectivity index is 1.16. The summed E-state index contributed by atoms with van der Waals surface area (Å²) in [6, 6.07) is 62.0. The molecular weight excluding hydrogens is 631 g/mol. The maximum Gasteiger partial charge on any atom is 0.137 e. The SMILES string of the molecule is c1ccc(N(c2ccc(-c3ccc4ccccc4c3)cc2)c2ccc3c(c2)oc2ccccc23)c(-c2cccc3cccc(C4CCCCC4)c23)c1. The number of benzene rings is 8. The molecule has 1 saturated carbocycles. The molecule has 1 aromatic heterocycles. The van der Waals surface area contributed by atoms with Gasteiger partial charge in [-0.3, -0.25) is 0 Å². The van der Waals surface area contributed by atoms with Crippen LogP contribution in [0.3, 0.4) is 0 Å². The van der Waals surface area contributed by atoms with E-state index in [1.54, 1.807) is 0 Å². The molecule has 10 rings (SSSR count). The summed E-state index contributed by atoms with van der Waals surface area (Å²) in [4.78, 5) is 2.41. The highest BCUT2D eigenvalue weighted by Crippen LogP contribution is 2.46. The van der Waals surface area contributed by atoms with Crippen molar-refractivity contribution in [2.24, 2.45) is 0 Å². The van der Waals surface area contributed by atoms with Crippen LogP contribution in [0.2, 0.25) is 0 Å². The van der Waals surface area contributed by atoms with Crippen LogP contribution in [0.1, 0.15) is 43.6 Å². The average molecular weight is 670 g/mol. The molecule has 0 N–H and O–H groups in total. The lowest BCUT2D eigenvalue weighted by molar-refractivity contribution is 0.445. The van der Waals surface area contributed by atoms with Gasteiger partial charge < -0.3 is 9.32 Å². The van der Waals surface area contributed by atoms with E-state index in [9.17, 15) is 0 Å². The van der Waals surface area contributed by atoms with E-state index < -0.39 is 0 Å². The topological polar surface area (TPSA) is 16.4 Å². The molecule has 250 valence electrons. The highest BCUT2D eigenvalue weighted by molar-refractivity contribution is 6.07. The number of nitrogens with zero attached hydrogens (tertiary/aromatic N) is 1. The third-order valence-electron chi connectivity index (χ3n) is 11.2. The number of para-hydroxylation sites is 2. The van der Waals surface area contributed by atoms with Crippen LogP contribution in [0.25, 0.3) is 65.7 Å². The molecule has 0 radical (unpaired) electrons. The molecule has 1 aliphatic rings. The predicted octanol–water partition coefficient (Wildman–Crippen LogP) is 14.7. The van der Waals surface area contributed by atoms with Crippen molar-refractivity contribution in [3.8, 4) is 22.3 Å².